The van der Waals surface area contributed by atoms with Gasteiger partial charge in [-0.2, -0.15) is 0 Å². The van der Waals surface area contributed by atoms with E-state index in [1.54, 1.807) is 26.0 Å². The minimum atomic E-state index is -3.29. The van der Waals surface area contributed by atoms with E-state index in [-0.39, 0.29) is 35.4 Å². The Kier molecular flexibility index (Phi) is 6.55. The van der Waals surface area contributed by atoms with Crippen molar-refractivity contribution >= 4 is 21.7 Å². The SMILES string of the molecule is CCS(=O)(=O)c1cccc(CC(=O)NC(C)CCC(=O)O)c1. The number of amides is 1. The van der Waals surface area contributed by atoms with Gasteiger partial charge in [-0.3, -0.25) is 9.59 Å². The summed E-state index contributed by atoms with van der Waals surface area (Å²) in [5, 5.41) is 11.3. The lowest BCUT2D eigenvalue weighted by Crippen LogP contribution is -2.34. The maximum Gasteiger partial charge on any atom is 0.303 e. The van der Waals surface area contributed by atoms with E-state index in [1.807, 2.05) is 0 Å². The number of aliphatic carboxylic acids is 1. The Bertz CT molecular complexity index is 639. The van der Waals surface area contributed by atoms with Gasteiger partial charge >= 0.3 is 5.97 Å². The third-order valence-electron chi connectivity index (χ3n) is 3.20. The van der Waals surface area contributed by atoms with Crippen LogP contribution in [0.1, 0.15) is 32.3 Å². The van der Waals surface area contributed by atoms with Crippen molar-refractivity contribution in [3.63, 3.8) is 0 Å². The Morgan fingerprint density at radius 3 is 2.59 bits per heavy atom. The molecule has 0 aromatic heterocycles. The van der Waals surface area contributed by atoms with Gasteiger partial charge in [-0.25, -0.2) is 8.42 Å². The minimum absolute atomic E-state index is 0.00826. The number of hydrogen-bond acceptors (Lipinski definition) is 4. The van der Waals surface area contributed by atoms with E-state index in [2.05, 4.69) is 5.32 Å². The van der Waals surface area contributed by atoms with Crippen molar-refractivity contribution in [3.05, 3.63) is 29.8 Å². The molecular weight excluding hydrogens is 306 g/mol. The van der Waals surface area contributed by atoms with Gasteiger partial charge in [0.25, 0.3) is 0 Å². The minimum Gasteiger partial charge on any atom is -0.481 e. The first kappa shape index (κ1) is 18.2. The quantitative estimate of drug-likeness (QED) is 0.751. The van der Waals surface area contributed by atoms with E-state index in [1.165, 1.54) is 12.1 Å². The molecule has 0 heterocycles. The number of hydrogen-bond donors (Lipinski definition) is 2. The van der Waals surface area contributed by atoms with E-state index < -0.39 is 15.8 Å². The Morgan fingerprint density at radius 1 is 1.32 bits per heavy atom. The molecule has 0 fully saturated rings. The molecule has 122 valence electrons. The number of sulfone groups is 1. The van der Waals surface area contributed by atoms with Crippen molar-refractivity contribution in [2.24, 2.45) is 0 Å². The van der Waals surface area contributed by atoms with E-state index in [0.29, 0.717) is 12.0 Å². The number of carbonyl (C=O) groups excluding carboxylic acids is 1. The van der Waals surface area contributed by atoms with Crippen LogP contribution in [0.15, 0.2) is 29.2 Å². The van der Waals surface area contributed by atoms with Crippen LogP contribution < -0.4 is 5.32 Å². The van der Waals surface area contributed by atoms with Gasteiger partial charge in [0, 0.05) is 12.5 Å². The molecule has 0 radical (unpaired) electrons. The lowest BCUT2D eigenvalue weighted by molar-refractivity contribution is -0.137. The molecule has 6 nitrogen and oxygen atoms in total. The highest BCUT2D eigenvalue weighted by Gasteiger charge is 2.14. The molecule has 0 saturated heterocycles. The Hall–Kier alpha value is -1.89. The average Bonchev–Trinajstić information content (AvgIpc) is 2.45. The Balaban J connectivity index is 2.65. The molecule has 2 N–H and O–H groups in total. The highest BCUT2D eigenvalue weighted by atomic mass is 32.2. The third-order valence-corrected chi connectivity index (χ3v) is 4.93. The molecule has 0 spiro atoms. The first-order valence-corrected chi connectivity index (χ1v) is 8.72. The molecule has 1 unspecified atom stereocenters. The molecule has 1 aromatic rings. The second-order valence-corrected chi connectivity index (χ2v) is 7.41. The molecule has 1 rings (SSSR count). The standard InChI is InChI=1S/C15H21NO5S/c1-3-22(20,21)13-6-4-5-12(9-13)10-14(17)16-11(2)7-8-15(18)19/h4-6,9,11H,3,7-8,10H2,1-2H3,(H,16,17)(H,18,19). The summed E-state index contributed by atoms with van der Waals surface area (Å²) >= 11 is 0. The fourth-order valence-electron chi connectivity index (χ4n) is 1.94. The highest BCUT2D eigenvalue weighted by molar-refractivity contribution is 7.91. The maximum absolute atomic E-state index is 11.9. The van der Waals surface area contributed by atoms with Crippen molar-refractivity contribution in [3.8, 4) is 0 Å². The van der Waals surface area contributed by atoms with Crippen molar-refractivity contribution in [2.75, 3.05) is 5.75 Å². The van der Waals surface area contributed by atoms with Crippen LogP contribution in [0.5, 0.6) is 0 Å². The van der Waals surface area contributed by atoms with E-state index in [9.17, 15) is 18.0 Å². The predicted octanol–water partition coefficient (Wildman–Crippen LogP) is 1.39. The average molecular weight is 327 g/mol. The smallest absolute Gasteiger partial charge is 0.303 e. The number of carboxylic acids is 1. The van der Waals surface area contributed by atoms with Crippen molar-refractivity contribution in [2.45, 2.75) is 44.0 Å². The van der Waals surface area contributed by atoms with Gasteiger partial charge in [0.1, 0.15) is 0 Å². The highest BCUT2D eigenvalue weighted by Crippen LogP contribution is 2.13. The summed E-state index contributed by atoms with van der Waals surface area (Å²) in [5.41, 5.74) is 0.609. The van der Waals surface area contributed by atoms with Gasteiger partial charge in [-0.1, -0.05) is 19.1 Å². The topological polar surface area (TPSA) is 101 Å². The van der Waals surface area contributed by atoms with Gasteiger partial charge in [-0.05, 0) is 31.0 Å². The summed E-state index contributed by atoms with van der Waals surface area (Å²) in [6.45, 7) is 3.30. The molecule has 1 aromatic carbocycles. The summed E-state index contributed by atoms with van der Waals surface area (Å²) in [4.78, 5) is 22.6. The molecule has 0 aliphatic rings. The molecule has 0 aliphatic carbocycles. The molecule has 0 bridgehead atoms. The van der Waals surface area contributed by atoms with Gasteiger partial charge in [0.2, 0.25) is 5.91 Å². The molecule has 0 saturated carbocycles. The Morgan fingerprint density at radius 2 is 2.00 bits per heavy atom. The van der Waals surface area contributed by atoms with Gasteiger partial charge < -0.3 is 10.4 Å². The first-order chi connectivity index (χ1) is 10.2. The first-order valence-electron chi connectivity index (χ1n) is 7.07. The van der Waals surface area contributed by atoms with Crippen molar-refractivity contribution < 1.29 is 23.1 Å². The van der Waals surface area contributed by atoms with Crippen LogP contribution in [-0.2, 0) is 25.8 Å². The summed E-state index contributed by atoms with van der Waals surface area (Å²) < 4.78 is 23.6. The monoisotopic (exact) mass is 327 g/mol. The molecule has 1 atom stereocenters. The van der Waals surface area contributed by atoms with Crippen molar-refractivity contribution in [1.82, 2.24) is 5.32 Å². The second kappa shape index (κ2) is 7.93. The van der Waals surface area contributed by atoms with Gasteiger partial charge in [0.15, 0.2) is 9.84 Å². The molecule has 1 amide bonds. The third kappa shape index (κ3) is 5.85. The van der Waals surface area contributed by atoms with Gasteiger partial charge in [-0.15, -0.1) is 0 Å². The van der Waals surface area contributed by atoms with Crippen LogP contribution in [0.25, 0.3) is 0 Å². The zero-order chi connectivity index (χ0) is 16.8. The van der Waals surface area contributed by atoms with Crippen LogP contribution in [-0.4, -0.2) is 37.2 Å². The van der Waals surface area contributed by atoms with Crippen LogP contribution in [0.4, 0.5) is 0 Å². The van der Waals surface area contributed by atoms with E-state index in [4.69, 9.17) is 5.11 Å². The zero-order valence-electron chi connectivity index (χ0n) is 12.7. The molecule has 22 heavy (non-hydrogen) atoms. The predicted molar refractivity (Wildman–Crippen MR) is 82.3 cm³/mol. The molecule has 7 heteroatoms. The summed E-state index contributed by atoms with van der Waals surface area (Å²) in [6, 6.07) is 6.07. The summed E-state index contributed by atoms with van der Waals surface area (Å²) in [5.74, 6) is -1.16. The van der Waals surface area contributed by atoms with Gasteiger partial charge in [0.05, 0.1) is 17.1 Å². The molecular formula is C15H21NO5S. The van der Waals surface area contributed by atoms with Crippen molar-refractivity contribution in [1.29, 1.82) is 0 Å². The number of rotatable bonds is 8. The van der Waals surface area contributed by atoms with Crippen LogP contribution >= 0.6 is 0 Å². The number of carboxylic acid groups (broad SMARTS) is 1. The van der Waals surface area contributed by atoms with Crippen LogP contribution in [0, 0.1) is 0 Å². The number of nitrogens with one attached hydrogen (secondary N) is 1. The van der Waals surface area contributed by atoms with Crippen LogP contribution in [0.3, 0.4) is 0 Å². The largest absolute Gasteiger partial charge is 0.481 e. The number of benzene rings is 1. The normalized spacial score (nSPS) is 12.6. The zero-order valence-corrected chi connectivity index (χ0v) is 13.5. The van der Waals surface area contributed by atoms with Crippen LogP contribution in [0.2, 0.25) is 0 Å². The fraction of sp³-hybridized carbons (Fsp3) is 0.467. The lowest BCUT2D eigenvalue weighted by Gasteiger charge is -2.13. The number of carbonyl (C=O) groups is 2. The van der Waals surface area contributed by atoms with E-state index in [0.717, 1.165) is 0 Å². The fourth-order valence-corrected chi connectivity index (χ4v) is 2.89. The summed E-state index contributed by atoms with van der Waals surface area (Å²) in [6.07, 6.45) is 0.404. The molecule has 0 aliphatic heterocycles. The summed E-state index contributed by atoms with van der Waals surface area (Å²) in [7, 11) is -3.29. The lowest BCUT2D eigenvalue weighted by atomic mass is 10.1. The van der Waals surface area contributed by atoms with E-state index >= 15 is 0 Å². The maximum atomic E-state index is 11.9. The Labute approximate surface area is 130 Å². The second-order valence-electron chi connectivity index (χ2n) is 5.13.